The molecule has 3 rings (SSSR count). The summed E-state index contributed by atoms with van der Waals surface area (Å²) in [5.74, 6) is 1.11. The van der Waals surface area contributed by atoms with E-state index in [1.165, 1.54) is 27.1 Å². The maximum absolute atomic E-state index is 11.7. The molecule has 0 N–H and O–H groups in total. The summed E-state index contributed by atoms with van der Waals surface area (Å²) in [4.78, 5) is 23.3. The number of hydrogen-bond donors (Lipinski definition) is 0. The van der Waals surface area contributed by atoms with Crippen LogP contribution >= 0.6 is 0 Å². The first-order chi connectivity index (χ1) is 17.3. The highest BCUT2D eigenvalue weighted by molar-refractivity contribution is 5.86. The van der Waals surface area contributed by atoms with E-state index < -0.39 is 11.9 Å². The van der Waals surface area contributed by atoms with Crippen molar-refractivity contribution >= 4 is 11.9 Å². The van der Waals surface area contributed by atoms with Crippen LogP contribution in [0.15, 0.2) is 51.3 Å². The molecule has 0 radical (unpaired) electrons. The van der Waals surface area contributed by atoms with Crippen LogP contribution in [0, 0.1) is 0 Å². The van der Waals surface area contributed by atoms with Crippen LogP contribution in [0.5, 0.6) is 11.5 Å². The van der Waals surface area contributed by atoms with Gasteiger partial charge in [0.1, 0.15) is 24.7 Å². The van der Waals surface area contributed by atoms with Crippen LogP contribution < -0.4 is 9.47 Å². The number of ether oxygens (including phenoxy) is 4. The fraction of sp³-hybridized carbons (Fsp3) is 0.429. The highest BCUT2D eigenvalue weighted by Gasteiger charge is 2.23. The molecule has 1 aromatic carbocycles. The molecule has 0 fully saturated rings. The Morgan fingerprint density at radius 1 is 0.778 bits per heavy atom. The van der Waals surface area contributed by atoms with Crippen molar-refractivity contribution in [1.82, 2.24) is 0 Å². The molecule has 0 aliphatic carbocycles. The Morgan fingerprint density at radius 3 is 1.86 bits per heavy atom. The zero-order valence-corrected chi connectivity index (χ0v) is 21.6. The number of hydrogen-bond acceptors (Lipinski definition) is 8. The van der Waals surface area contributed by atoms with Gasteiger partial charge in [-0.3, -0.25) is 0 Å². The Kier molecular flexibility index (Phi) is 9.22. The normalized spacial score (nSPS) is 11.2. The summed E-state index contributed by atoms with van der Waals surface area (Å²) >= 11 is 0. The van der Waals surface area contributed by atoms with E-state index in [4.69, 9.17) is 23.0 Å². The number of esters is 2. The molecule has 0 saturated carbocycles. The molecule has 194 valence electrons. The summed E-state index contributed by atoms with van der Waals surface area (Å²) in [5.41, 5.74) is 1.08. The zero-order chi connectivity index (χ0) is 26.1. The van der Waals surface area contributed by atoms with Crippen molar-refractivity contribution < 1.29 is 37.4 Å². The molecule has 0 saturated heterocycles. The zero-order valence-electron chi connectivity index (χ0n) is 21.6. The van der Waals surface area contributed by atoms with Gasteiger partial charge in [0.05, 0.1) is 14.2 Å². The van der Waals surface area contributed by atoms with Crippen molar-refractivity contribution in [3.63, 3.8) is 0 Å². The SMILES string of the molecule is CCCCCC(C)(C)c1ccc(OCc2ccc(C(=O)OC)o2)c(OCc2ccc(C(=O)OC)o2)c1. The fourth-order valence-corrected chi connectivity index (χ4v) is 3.75. The van der Waals surface area contributed by atoms with Gasteiger partial charge in [-0.25, -0.2) is 9.59 Å². The van der Waals surface area contributed by atoms with Crippen molar-refractivity contribution in [2.75, 3.05) is 14.2 Å². The monoisotopic (exact) mass is 498 g/mol. The van der Waals surface area contributed by atoms with Crippen molar-refractivity contribution in [3.8, 4) is 11.5 Å². The van der Waals surface area contributed by atoms with Gasteiger partial charge in [0, 0.05) is 0 Å². The molecular formula is C28H34O8. The van der Waals surface area contributed by atoms with Crippen LogP contribution in [-0.2, 0) is 28.1 Å². The second-order valence-corrected chi connectivity index (χ2v) is 9.09. The fourth-order valence-electron chi connectivity index (χ4n) is 3.75. The van der Waals surface area contributed by atoms with E-state index in [2.05, 4.69) is 25.5 Å². The molecule has 0 amide bonds. The number of rotatable bonds is 13. The van der Waals surface area contributed by atoms with E-state index in [-0.39, 0.29) is 30.1 Å². The quantitative estimate of drug-likeness (QED) is 0.196. The highest BCUT2D eigenvalue weighted by atomic mass is 16.6. The molecular weight excluding hydrogens is 464 g/mol. The third-order valence-corrected chi connectivity index (χ3v) is 5.97. The minimum absolute atomic E-state index is 0.0506. The first-order valence-corrected chi connectivity index (χ1v) is 12.0. The van der Waals surface area contributed by atoms with Gasteiger partial charge >= 0.3 is 11.9 Å². The van der Waals surface area contributed by atoms with Crippen LogP contribution in [0.3, 0.4) is 0 Å². The molecule has 8 nitrogen and oxygen atoms in total. The van der Waals surface area contributed by atoms with Crippen molar-refractivity contribution in [3.05, 3.63) is 71.1 Å². The van der Waals surface area contributed by atoms with E-state index >= 15 is 0 Å². The number of benzene rings is 1. The number of carbonyl (C=O) groups excluding carboxylic acids is 2. The summed E-state index contributed by atoms with van der Waals surface area (Å²) < 4.78 is 32.5. The van der Waals surface area contributed by atoms with Gasteiger partial charge in [0.2, 0.25) is 11.5 Å². The van der Waals surface area contributed by atoms with Crippen molar-refractivity contribution in [1.29, 1.82) is 0 Å². The molecule has 0 unspecified atom stereocenters. The summed E-state index contributed by atoms with van der Waals surface area (Å²) in [7, 11) is 2.59. The van der Waals surface area contributed by atoms with Gasteiger partial charge in [0.25, 0.3) is 0 Å². The minimum Gasteiger partial charge on any atom is -0.482 e. The molecule has 2 heterocycles. The Labute approximate surface area is 211 Å². The molecule has 2 aromatic heterocycles. The molecule has 0 spiro atoms. The average molecular weight is 499 g/mol. The summed E-state index contributed by atoms with van der Waals surface area (Å²) in [6.45, 7) is 6.82. The number of unbranched alkanes of at least 4 members (excludes halogenated alkanes) is 2. The standard InChI is InChI=1S/C28H34O8/c1-6-7-8-15-28(2,3)19-9-12-22(33-17-20-10-13-23(35-20)26(29)31-4)25(16-19)34-18-21-11-14-24(36-21)27(30)32-5/h9-14,16H,6-8,15,17-18H2,1-5H3. The average Bonchev–Trinajstić information content (AvgIpc) is 3.55. The van der Waals surface area contributed by atoms with E-state index in [1.807, 2.05) is 18.2 Å². The molecule has 0 bridgehead atoms. The summed E-state index contributed by atoms with van der Waals surface area (Å²) in [6, 6.07) is 12.3. The Balaban J connectivity index is 1.79. The number of methoxy groups -OCH3 is 2. The lowest BCUT2D eigenvalue weighted by Gasteiger charge is -2.26. The predicted octanol–water partition coefficient (Wildman–Crippen LogP) is 6.46. The van der Waals surface area contributed by atoms with Crippen molar-refractivity contribution in [2.24, 2.45) is 0 Å². The molecule has 36 heavy (non-hydrogen) atoms. The predicted molar refractivity (Wildman–Crippen MR) is 132 cm³/mol. The first kappa shape index (κ1) is 26.9. The summed E-state index contributed by atoms with van der Waals surface area (Å²) in [6.07, 6.45) is 4.54. The van der Waals surface area contributed by atoms with Crippen LogP contribution in [0.25, 0.3) is 0 Å². The molecule has 8 heteroatoms. The minimum atomic E-state index is -0.551. The maximum Gasteiger partial charge on any atom is 0.373 e. The van der Waals surface area contributed by atoms with Gasteiger partial charge in [-0.15, -0.1) is 0 Å². The van der Waals surface area contributed by atoms with E-state index in [0.29, 0.717) is 23.0 Å². The van der Waals surface area contributed by atoms with Gasteiger partial charge < -0.3 is 27.8 Å². The van der Waals surface area contributed by atoms with Crippen LogP contribution in [-0.4, -0.2) is 26.2 Å². The lowest BCUT2D eigenvalue weighted by Crippen LogP contribution is -2.17. The molecule has 0 aliphatic heterocycles. The highest BCUT2D eigenvalue weighted by Crippen LogP contribution is 2.37. The van der Waals surface area contributed by atoms with Crippen molar-refractivity contribution in [2.45, 2.75) is 65.1 Å². The number of furan rings is 2. The smallest absolute Gasteiger partial charge is 0.373 e. The molecule has 0 atom stereocenters. The lowest BCUT2D eigenvalue weighted by molar-refractivity contribution is 0.0552. The van der Waals surface area contributed by atoms with Gasteiger partial charge in [-0.05, 0) is 53.8 Å². The third kappa shape index (κ3) is 6.93. The summed E-state index contributed by atoms with van der Waals surface area (Å²) in [5, 5.41) is 0. The Morgan fingerprint density at radius 2 is 1.33 bits per heavy atom. The van der Waals surface area contributed by atoms with E-state index in [0.717, 1.165) is 18.4 Å². The number of carbonyl (C=O) groups is 2. The van der Waals surface area contributed by atoms with E-state index in [1.54, 1.807) is 24.3 Å². The largest absolute Gasteiger partial charge is 0.482 e. The molecule has 3 aromatic rings. The van der Waals surface area contributed by atoms with Gasteiger partial charge in [0.15, 0.2) is 11.5 Å². The Hall–Kier alpha value is -3.68. The van der Waals surface area contributed by atoms with Gasteiger partial charge in [-0.1, -0.05) is 46.1 Å². The third-order valence-electron chi connectivity index (χ3n) is 5.97. The van der Waals surface area contributed by atoms with E-state index in [9.17, 15) is 9.59 Å². The van der Waals surface area contributed by atoms with Crippen LogP contribution in [0.2, 0.25) is 0 Å². The van der Waals surface area contributed by atoms with Gasteiger partial charge in [-0.2, -0.15) is 0 Å². The second-order valence-electron chi connectivity index (χ2n) is 9.09. The Bertz CT molecular complexity index is 1150. The van der Waals surface area contributed by atoms with Crippen LogP contribution in [0.4, 0.5) is 0 Å². The second kappa shape index (κ2) is 12.3. The first-order valence-electron chi connectivity index (χ1n) is 12.0. The van der Waals surface area contributed by atoms with Crippen LogP contribution in [0.1, 0.15) is 84.6 Å². The topological polar surface area (TPSA) is 97.3 Å². The maximum atomic E-state index is 11.7. The lowest BCUT2D eigenvalue weighted by atomic mass is 9.80. The molecule has 0 aliphatic rings.